The Morgan fingerprint density at radius 2 is 1.64 bits per heavy atom. The number of hydrogen-bond acceptors (Lipinski definition) is 7. The predicted molar refractivity (Wildman–Crippen MR) is 129 cm³/mol. The van der Waals surface area contributed by atoms with Crippen LogP contribution in [0, 0.1) is 13.8 Å². The molecule has 0 aliphatic heterocycles. The number of benzene rings is 1. The molecule has 178 valence electrons. The Hall–Kier alpha value is -3.36. The number of carbonyl (C=O) groups is 2. The number of aryl methyl sites for hydroxylation is 2. The standard InChI is InChI=1S/C24H34N6O3/c1-14-10-15(2)12-16(11-14)26-19-13-20(29-30-21(19)22(25)31)27-17-8-6-7-9-18(17)28-23(32)33-24(3,4)5/h10-13,17-18H,6-9H2,1-5H3,(H2,25,31)(H,28,32)(H2,26,27,29). The van der Waals surface area contributed by atoms with Crippen LogP contribution in [-0.4, -0.2) is 39.9 Å². The van der Waals surface area contributed by atoms with Crippen molar-refractivity contribution in [1.29, 1.82) is 0 Å². The predicted octanol–water partition coefficient (Wildman–Crippen LogP) is 4.18. The van der Waals surface area contributed by atoms with Crippen LogP contribution in [0.2, 0.25) is 0 Å². The van der Waals surface area contributed by atoms with Gasteiger partial charge < -0.3 is 26.4 Å². The number of aromatic nitrogens is 2. The van der Waals surface area contributed by atoms with Gasteiger partial charge in [-0.1, -0.05) is 18.9 Å². The van der Waals surface area contributed by atoms with E-state index in [9.17, 15) is 9.59 Å². The van der Waals surface area contributed by atoms with Crippen LogP contribution in [0.1, 0.15) is 68.1 Å². The van der Waals surface area contributed by atoms with Crippen molar-refractivity contribution < 1.29 is 14.3 Å². The lowest BCUT2D eigenvalue weighted by molar-refractivity contribution is 0.0488. The summed E-state index contributed by atoms with van der Waals surface area (Å²) in [5.74, 6) is -0.169. The molecular weight excluding hydrogens is 420 g/mol. The van der Waals surface area contributed by atoms with Gasteiger partial charge in [0.05, 0.1) is 11.7 Å². The zero-order valence-corrected chi connectivity index (χ0v) is 20.0. The minimum atomic E-state index is -0.664. The highest BCUT2D eigenvalue weighted by Gasteiger charge is 2.29. The maximum Gasteiger partial charge on any atom is 0.407 e. The Morgan fingerprint density at radius 3 is 2.24 bits per heavy atom. The number of rotatable bonds is 6. The average molecular weight is 455 g/mol. The van der Waals surface area contributed by atoms with E-state index in [1.807, 2.05) is 46.8 Å². The topological polar surface area (TPSA) is 131 Å². The number of nitrogens with one attached hydrogen (secondary N) is 3. The number of hydrogen-bond donors (Lipinski definition) is 4. The molecule has 3 rings (SSSR count). The van der Waals surface area contributed by atoms with Gasteiger partial charge in [0, 0.05) is 17.8 Å². The van der Waals surface area contributed by atoms with Gasteiger partial charge in [-0.25, -0.2) is 4.79 Å². The first-order chi connectivity index (χ1) is 15.5. The normalized spacial score (nSPS) is 18.3. The van der Waals surface area contributed by atoms with Gasteiger partial charge in [0.2, 0.25) is 0 Å². The highest BCUT2D eigenvalue weighted by atomic mass is 16.6. The largest absolute Gasteiger partial charge is 0.444 e. The smallest absolute Gasteiger partial charge is 0.407 e. The van der Waals surface area contributed by atoms with Crippen LogP contribution in [0.5, 0.6) is 0 Å². The van der Waals surface area contributed by atoms with Crippen LogP contribution in [0.15, 0.2) is 24.3 Å². The Kier molecular flexibility index (Phi) is 7.40. The van der Waals surface area contributed by atoms with E-state index in [-0.39, 0.29) is 17.8 Å². The SMILES string of the molecule is Cc1cc(C)cc(Nc2cc(NC3CCCCC3NC(=O)OC(C)(C)C)nnc2C(N)=O)c1. The molecule has 1 fully saturated rings. The van der Waals surface area contributed by atoms with Crippen molar-refractivity contribution in [2.45, 2.75) is 78.0 Å². The van der Waals surface area contributed by atoms with Crippen molar-refractivity contribution in [1.82, 2.24) is 15.5 Å². The summed E-state index contributed by atoms with van der Waals surface area (Å²) < 4.78 is 5.42. The second kappa shape index (κ2) is 10.1. The third kappa shape index (κ3) is 7.06. The van der Waals surface area contributed by atoms with Crippen molar-refractivity contribution in [2.24, 2.45) is 5.73 Å². The van der Waals surface area contributed by atoms with E-state index in [2.05, 4.69) is 32.2 Å². The van der Waals surface area contributed by atoms with Crippen LogP contribution in [-0.2, 0) is 4.74 Å². The molecule has 0 radical (unpaired) electrons. The number of ether oxygens (including phenoxy) is 1. The Labute approximate surface area is 194 Å². The summed E-state index contributed by atoms with van der Waals surface area (Å²) in [6, 6.07) is 7.60. The lowest BCUT2D eigenvalue weighted by Crippen LogP contribution is -2.49. The van der Waals surface area contributed by atoms with Gasteiger partial charge >= 0.3 is 6.09 Å². The van der Waals surface area contributed by atoms with Crippen molar-refractivity contribution >= 4 is 29.2 Å². The second-order valence-electron chi connectivity index (χ2n) is 9.65. The zero-order valence-electron chi connectivity index (χ0n) is 20.0. The van der Waals surface area contributed by atoms with Gasteiger partial charge in [0.15, 0.2) is 11.5 Å². The summed E-state index contributed by atoms with van der Waals surface area (Å²) in [5.41, 5.74) is 8.51. The zero-order chi connectivity index (χ0) is 24.2. The second-order valence-corrected chi connectivity index (χ2v) is 9.65. The van der Waals surface area contributed by atoms with Crippen LogP contribution < -0.4 is 21.7 Å². The number of primary amides is 1. The van der Waals surface area contributed by atoms with E-state index in [0.29, 0.717) is 11.5 Å². The van der Waals surface area contributed by atoms with Crippen molar-refractivity contribution in [3.05, 3.63) is 41.1 Å². The molecule has 33 heavy (non-hydrogen) atoms. The minimum Gasteiger partial charge on any atom is -0.444 e. The minimum absolute atomic E-state index is 0.0472. The molecule has 2 aromatic rings. The van der Waals surface area contributed by atoms with Crippen molar-refractivity contribution in [3.8, 4) is 0 Å². The van der Waals surface area contributed by atoms with E-state index in [4.69, 9.17) is 10.5 Å². The summed E-state index contributed by atoms with van der Waals surface area (Å²) in [5, 5.41) is 17.8. The average Bonchev–Trinajstić information content (AvgIpc) is 2.67. The molecule has 0 spiro atoms. The molecule has 5 N–H and O–H groups in total. The molecular formula is C24H34N6O3. The number of amides is 2. The van der Waals surface area contributed by atoms with Crippen LogP contribution in [0.3, 0.4) is 0 Å². The van der Waals surface area contributed by atoms with E-state index in [1.54, 1.807) is 6.07 Å². The molecule has 0 bridgehead atoms. The molecule has 2 unspecified atom stereocenters. The van der Waals surface area contributed by atoms with E-state index < -0.39 is 17.6 Å². The highest BCUT2D eigenvalue weighted by molar-refractivity contribution is 5.97. The summed E-state index contributed by atoms with van der Waals surface area (Å²) in [6.07, 6.45) is 3.31. The first-order valence-electron chi connectivity index (χ1n) is 11.3. The Bertz CT molecular complexity index is 997. The summed E-state index contributed by atoms with van der Waals surface area (Å²) >= 11 is 0. The summed E-state index contributed by atoms with van der Waals surface area (Å²) in [7, 11) is 0. The third-order valence-corrected chi connectivity index (χ3v) is 5.33. The number of nitrogens with two attached hydrogens (primary N) is 1. The molecule has 2 atom stereocenters. The van der Waals surface area contributed by atoms with Gasteiger partial charge in [-0.2, -0.15) is 0 Å². The number of anilines is 3. The quantitative estimate of drug-likeness (QED) is 0.515. The first-order valence-corrected chi connectivity index (χ1v) is 11.3. The molecule has 1 aliphatic rings. The summed E-state index contributed by atoms with van der Waals surface area (Å²) in [6.45, 7) is 9.52. The van der Waals surface area contributed by atoms with Crippen molar-refractivity contribution in [2.75, 3.05) is 10.6 Å². The van der Waals surface area contributed by atoms with Gasteiger partial charge in [-0.3, -0.25) is 4.79 Å². The van der Waals surface area contributed by atoms with E-state index >= 15 is 0 Å². The fourth-order valence-corrected chi connectivity index (χ4v) is 4.07. The highest BCUT2D eigenvalue weighted by Crippen LogP contribution is 2.26. The van der Waals surface area contributed by atoms with Crippen molar-refractivity contribution in [3.63, 3.8) is 0 Å². The fraction of sp³-hybridized carbons (Fsp3) is 0.500. The molecule has 9 nitrogen and oxygen atoms in total. The van der Waals surface area contributed by atoms with E-state index in [1.165, 1.54) is 0 Å². The number of nitrogens with zero attached hydrogens (tertiary/aromatic N) is 2. The lowest BCUT2D eigenvalue weighted by atomic mass is 9.90. The van der Waals surface area contributed by atoms with Gasteiger partial charge in [0.25, 0.3) is 5.91 Å². The molecule has 2 amide bonds. The molecule has 1 heterocycles. The number of carbonyl (C=O) groups excluding carboxylic acids is 2. The molecule has 1 saturated carbocycles. The lowest BCUT2D eigenvalue weighted by Gasteiger charge is -2.33. The van der Waals surface area contributed by atoms with Gasteiger partial charge in [0.1, 0.15) is 5.60 Å². The number of alkyl carbamates (subject to hydrolysis) is 1. The fourth-order valence-electron chi connectivity index (χ4n) is 4.07. The monoisotopic (exact) mass is 454 g/mol. The molecule has 1 aromatic heterocycles. The maximum atomic E-state index is 12.3. The van der Waals surface area contributed by atoms with Crippen LogP contribution >= 0.6 is 0 Å². The third-order valence-electron chi connectivity index (χ3n) is 5.33. The van der Waals surface area contributed by atoms with Gasteiger partial charge in [-0.05, 0) is 70.7 Å². The summed E-state index contributed by atoms with van der Waals surface area (Å²) in [4.78, 5) is 24.2. The maximum absolute atomic E-state index is 12.3. The Morgan fingerprint density at radius 1 is 1.00 bits per heavy atom. The molecule has 9 heteroatoms. The first kappa shape index (κ1) is 24.3. The Balaban J connectivity index is 1.79. The molecule has 1 aliphatic carbocycles. The van der Waals surface area contributed by atoms with Gasteiger partial charge in [-0.15, -0.1) is 10.2 Å². The van der Waals surface area contributed by atoms with Crippen LogP contribution in [0.25, 0.3) is 0 Å². The van der Waals surface area contributed by atoms with Crippen LogP contribution in [0.4, 0.5) is 22.0 Å². The molecule has 1 aromatic carbocycles. The molecule has 0 saturated heterocycles. The van der Waals surface area contributed by atoms with E-state index in [0.717, 1.165) is 42.5 Å².